The average molecular weight is 314 g/mol. The summed E-state index contributed by atoms with van der Waals surface area (Å²) in [5.41, 5.74) is 1.30. The summed E-state index contributed by atoms with van der Waals surface area (Å²) >= 11 is 1.63. The Balaban J connectivity index is 2.27. The Morgan fingerprint density at radius 2 is 2.15 bits per heavy atom. The molecule has 7 heteroatoms. The number of aryl methyl sites for hydroxylation is 1. The maximum Gasteiger partial charge on any atom is 0.240 e. The van der Waals surface area contributed by atoms with Crippen LogP contribution >= 0.6 is 11.8 Å². The Morgan fingerprint density at radius 3 is 2.70 bits per heavy atom. The highest BCUT2D eigenvalue weighted by Crippen LogP contribution is 2.38. The van der Waals surface area contributed by atoms with Gasteiger partial charge in [-0.05, 0) is 50.1 Å². The van der Waals surface area contributed by atoms with Gasteiger partial charge in [-0.15, -0.1) is 11.8 Å². The number of thioether (sulfide) groups is 1. The molecule has 1 atom stereocenters. The largest absolute Gasteiger partial charge is 0.325 e. The Bertz CT molecular complexity index is 635. The number of benzene rings is 1. The summed E-state index contributed by atoms with van der Waals surface area (Å²) in [6.45, 7) is 3.73. The Morgan fingerprint density at radius 1 is 1.45 bits per heavy atom. The van der Waals surface area contributed by atoms with Gasteiger partial charge in [-0.3, -0.25) is 4.79 Å². The standard InChI is InChI=1S/C13H18N2O3S2/c1-9-4-5-10(20(14,17)18)8-11(9)15-12(16)13(2)6-3-7-19-13/h4-5,8H,3,6-7H2,1-2H3,(H,15,16)(H2,14,17,18). The molecule has 0 bridgehead atoms. The number of anilines is 1. The van der Waals surface area contributed by atoms with Crippen molar-refractivity contribution < 1.29 is 13.2 Å². The lowest BCUT2D eigenvalue weighted by Crippen LogP contribution is -2.34. The van der Waals surface area contributed by atoms with Gasteiger partial charge in [0, 0.05) is 5.69 Å². The van der Waals surface area contributed by atoms with Crippen LogP contribution in [0.3, 0.4) is 0 Å². The van der Waals surface area contributed by atoms with Crippen molar-refractivity contribution in [2.75, 3.05) is 11.1 Å². The normalized spacial score (nSPS) is 22.8. The number of primary sulfonamides is 1. The summed E-state index contributed by atoms with van der Waals surface area (Å²) < 4.78 is 22.3. The van der Waals surface area contributed by atoms with Gasteiger partial charge in [-0.1, -0.05) is 6.07 Å². The molecule has 1 fully saturated rings. The third-order valence-corrected chi connectivity index (χ3v) is 5.92. The molecule has 5 nitrogen and oxygen atoms in total. The summed E-state index contributed by atoms with van der Waals surface area (Å²) in [5.74, 6) is 0.884. The predicted octanol–water partition coefficient (Wildman–Crippen LogP) is 1.87. The van der Waals surface area contributed by atoms with E-state index in [1.54, 1.807) is 17.8 Å². The van der Waals surface area contributed by atoms with E-state index in [4.69, 9.17) is 5.14 Å². The molecule has 0 aliphatic carbocycles. The molecule has 1 saturated heterocycles. The molecular weight excluding hydrogens is 296 g/mol. The van der Waals surface area contributed by atoms with Crippen LogP contribution in [0.25, 0.3) is 0 Å². The smallest absolute Gasteiger partial charge is 0.240 e. The zero-order valence-electron chi connectivity index (χ0n) is 11.5. The van der Waals surface area contributed by atoms with Crippen LogP contribution in [0.4, 0.5) is 5.69 Å². The highest BCUT2D eigenvalue weighted by atomic mass is 32.2. The van der Waals surface area contributed by atoms with Crippen LogP contribution in [0.1, 0.15) is 25.3 Å². The maximum absolute atomic E-state index is 12.3. The number of sulfonamides is 1. The maximum atomic E-state index is 12.3. The number of rotatable bonds is 3. The van der Waals surface area contributed by atoms with Crippen molar-refractivity contribution in [3.8, 4) is 0 Å². The molecule has 0 spiro atoms. The SMILES string of the molecule is Cc1ccc(S(N)(=O)=O)cc1NC(=O)C1(C)CCCS1. The van der Waals surface area contributed by atoms with Crippen LogP contribution in [-0.4, -0.2) is 24.8 Å². The van der Waals surface area contributed by atoms with Crippen molar-refractivity contribution >= 4 is 33.4 Å². The van der Waals surface area contributed by atoms with Gasteiger partial charge in [-0.2, -0.15) is 0 Å². The number of amides is 1. The number of carbonyl (C=O) groups is 1. The Hall–Kier alpha value is -1.05. The predicted molar refractivity (Wildman–Crippen MR) is 81.3 cm³/mol. The number of carbonyl (C=O) groups excluding carboxylic acids is 1. The van der Waals surface area contributed by atoms with Gasteiger partial charge >= 0.3 is 0 Å². The third-order valence-electron chi connectivity index (χ3n) is 3.48. The lowest BCUT2D eigenvalue weighted by molar-refractivity contribution is -0.118. The minimum Gasteiger partial charge on any atom is -0.325 e. The molecule has 1 aromatic rings. The molecule has 3 N–H and O–H groups in total. The van der Waals surface area contributed by atoms with E-state index in [2.05, 4.69) is 5.32 Å². The first-order valence-corrected chi connectivity index (χ1v) is 8.84. The number of nitrogens with two attached hydrogens (primary N) is 1. The van der Waals surface area contributed by atoms with Gasteiger partial charge in [0.15, 0.2) is 0 Å². The first-order valence-electron chi connectivity index (χ1n) is 6.31. The molecule has 0 radical (unpaired) electrons. The quantitative estimate of drug-likeness (QED) is 0.891. The number of nitrogens with one attached hydrogen (secondary N) is 1. The number of hydrogen-bond acceptors (Lipinski definition) is 4. The van der Waals surface area contributed by atoms with Crippen molar-refractivity contribution in [1.29, 1.82) is 0 Å². The Labute approximate surface area is 123 Å². The van der Waals surface area contributed by atoms with Gasteiger partial charge < -0.3 is 5.32 Å². The lowest BCUT2D eigenvalue weighted by atomic mass is 10.0. The summed E-state index contributed by atoms with van der Waals surface area (Å²) in [6.07, 6.45) is 1.85. The molecule has 1 amide bonds. The van der Waals surface area contributed by atoms with E-state index in [0.29, 0.717) is 5.69 Å². The molecule has 0 saturated carbocycles. The summed E-state index contributed by atoms with van der Waals surface area (Å²) in [7, 11) is -3.77. The average Bonchev–Trinajstić information content (AvgIpc) is 2.79. The summed E-state index contributed by atoms with van der Waals surface area (Å²) in [6, 6.07) is 4.48. The second kappa shape index (κ2) is 5.38. The monoisotopic (exact) mass is 314 g/mol. The van der Waals surface area contributed by atoms with E-state index in [-0.39, 0.29) is 10.8 Å². The minimum absolute atomic E-state index is 0.00243. The molecule has 1 aliphatic rings. The van der Waals surface area contributed by atoms with E-state index < -0.39 is 14.8 Å². The molecule has 2 rings (SSSR count). The zero-order valence-corrected chi connectivity index (χ0v) is 13.1. The van der Waals surface area contributed by atoms with Crippen molar-refractivity contribution in [1.82, 2.24) is 0 Å². The van der Waals surface area contributed by atoms with E-state index in [9.17, 15) is 13.2 Å². The van der Waals surface area contributed by atoms with Gasteiger partial charge in [0.1, 0.15) is 0 Å². The van der Waals surface area contributed by atoms with E-state index in [1.807, 2.05) is 13.8 Å². The first kappa shape index (κ1) is 15.3. The molecule has 110 valence electrons. The fourth-order valence-electron chi connectivity index (χ4n) is 2.13. The Kier molecular flexibility index (Phi) is 4.13. The van der Waals surface area contributed by atoms with Crippen LogP contribution in [0.5, 0.6) is 0 Å². The van der Waals surface area contributed by atoms with E-state index >= 15 is 0 Å². The lowest BCUT2D eigenvalue weighted by Gasteiger charge is -2.22. The zero-order chi connectivity index (χ0) is 15.0. The van der Waals surface area contributed by atoms with Crippen LogP contribution in [-0.2, 0) is 14.8 Å². The fraction of sp³-hybridized carbons (Fsp3) is 0.462. The van der Waals surface area contributed by atoms with Crippen molar-refractivity contribution in [3.63, 3.8) is 0 Å². The van der Waals surface area contributed by atoms with Gasteiger partial charge in [-0.25, -0.2) is 13.6 Å². The second-order valence-corrected chi connectivity index (χ2v) is 8.32. The van der Waals surface area contributed by atoms with Gasteiger partial charge in [0.05, 0.1) is 9.64 Å². The molecular formula is C13H18N2O3S2. The van der Waals surface area contributed by atoms with Crippen LogP contribution in [0.15, 0.2) is 23.1 Å². The first-order chi connectivity index (χ1) is 9.22. The van der Waals surface area contributed by atoms with E-state index in [1.165, 1.54) is 12.1 Å². The van der Waals surface area contributed by atoms with Crippen molar-refractivity contribution in [2.45, 2.75) is 36.3 Å². The molecule has 20 heavy (non-hydrogen) atoms. The molecule has 1 aliphatic heterocycles. The van der Waals surface area contributed by atoms with Crippen molar-refractivity contribution in [2.24, 2.45) is 5.14 Å². The third kappa shape index (κ3) is 3.16. The molecule has 1 heterocycles. The highest BCUT2D eigenvalue weighted by molar-refractivity contribution is 8.01. The van der Waals surface area contributed by atoms with E-state index in [0.717, 1.165) is 24.2 Å². The molecule has 1 unspecified atom stereocenters. The second-order valence-electron chi connectivity index (χ2n) is 5.16. The van der Waals surface area contributed by atoms with Crippen LogP contribution in [0.2, 0.25) is 0 Å². The minimum atomic E-state index is -3.77. The molecule has 1 aromatic carbocycles. The van der Waals surface area contributed by atoms with Crippen molar-refractivity contribution in [3.05, 3.63) is 23.8 Å². The number of hydrogen-bond donors (Lipinski definition) is 2. The van der Waals surface area contributed by atoms with Crippen LogP contribution < -0.4 is 10.5 Å². The summed E-state index contributed by atoms with van der Waals surface area (Å²) in [5, 5.41) is 7.94. The highest BCUT2D eigenvalue weighted by Gasteiger charge is 2.37. The fourth-order valence-corrected chi connectivity index (χ4v) is 3.88. The van der Waals surface area contributed by atoms with Gasteiger partial charge in [0.25, 0.3) is 0 Å². The van der Waals surface area contributed by atoms with Gasteiger partial charge in [0.2, 0.25) is 15.9 Å². The molecule has 0 aromatic heterocycles. The topological polar surface area (TPSA) is 89.3 Å². The van der Waals surface area contributed by atoms with Crippen LogP contribution in [0, 0.1) is 6.92 Å². The summed E-state index contributed by atoms with van der Waals surface area (Å²) in [4.78, 5) is 12.3.